The number of hydrogen-bond acceptors (Lipinski definition) is 3. The number of ether oxygens (including phenoxy) is 1. The van der Waals surface area contributed by atoms with Gasteiger partial charge in [-0.25, -0.2) is 0 Å². The minimum atomic E-state index is -0.512. The van der Waals surface area contributed by atoms with Crippen molar-refractivity contribution in [1.29, 1.82) is 0 Å². The molecule has 0 bridgehead atoms. The minimum absolute atomic E-state index is 0.109. The van der Waals surface area contributed by atoms with Gasteiger partial charge in [-0.3, -0.25) is 9.59 Å². The van der Waals surface area contributed by atoms with Crippen LogP contribution in [0.25, 0.3) is 0 Å². The van der Waals surface area contributed by atoms with E-state index < -0.39 is 12.0 Å². The van der Waals surface area contributed by atoms with E-state index in [1.807, 2.05) is 60.7 Å². The van der Waals surface area contributed by atoms with Gasteiger partial charge in [0.1, 0.15) is 6.10 Å². The predicted molar refractivity (Wildman–Crippen MR) is 78.5 cm³/mol. The van der Waals surface area contributed by atoms with E-state index in [2.05, 4.69) is 5.32 Å². The van der Waals surface area contributed by atoms with Gasteiger partial charge in [0.05, 0.1) is 12.3 Å². The Morgan fingerprint density at radius 2 is 1.62 bits per heavy atom. The van der Waals surface area contributed by atoms with Gasteiger partial charge in [-0.05, 0) is 17.7 Å². The molecule has 1 N–H and O–H groups in total. The molecule has 2 aromatic rings. The quantitative estimate of drug-likeness (QED) is 0.880. The number of cyclic esters (lactones) is 1. The minimum Gasteiger partial charge on any atom is -0.457 e. The Morgan fingerprint density at radius 1 is 1.00 bits per heavy atom. The number of esters is 1. The fourth-order valence-corrected chi connectivity index (χ4v) is 2.49. The molecule has 4 nitrogen and oxygen atoms in total. The number of rotatable bonds is 3. The van der Waals surface area contributed by atoms with Gasteiger partial charge in [0.15, 0.2) is 0 Å². The molecule has 106 valence electrons. The number of anilines is 1. The Kier molecular flexibility index (Phi) is 3.69. The first kappa shape index (κ1) is 13.4. The zero-order valence-corrected chi connectivity index (χ0v) is 11.4. The van der Waals surface area contributed by atoms with Crippen molar-refractivity contribution in [2.45, 2.75) is 12.5 Å². The number of hydrogen-bond donors (Lipinski definition) is 1. The molecule has 0 saturated carbocycles. The van der Waals surface area contributed by atoms with E-state index in [9.17, 15) is 9.59 Å². The van der Waals surface area contributed by atoms with Crippen LogP contribution in [0.4, 0.5) is 5.69 Å². The van der Waals surface area contributed by atoms with E-state index in [4.69, 9.17) is 4.74 Å². The van der Waals surface area contributed by atoms with Gasteiger partial charge in [-0.2, -0.15) is 0 Å². The van der Waals surface area contributed by atoms with Gasteiger partial charge in [-0.1, -0.05) is 48.5 Å². The lowest BCUT2D eigenvalue weighted by atomic mass is 9.94. The molecule has 1 fully saturated rings. The first-order valence-corrected chi connectivity index (χ1v) is 6.84. The zero-order valence-electron chi connectivity index (χ0n) is 11.4. The standard InChI is InChI=1S/C17H15NO3/c19-15-11-14(16(21-15)12-7-3-1-4-8-12)17(20)18-13-9-5-2-6-10-13/h1-10,14,16H,11H2,(H,18,20)/t14-,16-/m0/s1. The third-order valence-corrected chi connectivity index (χ3v) is 3.52. The van der Waals surface area contributed by atoms with E-state index in [0.717, 1.165) is 5.56 Å². The summed E-state index contributed by atoms with van der Waals surface area (Å²) >= 11 is 0. The molecule has 4 heteroatoms. The fraction of sp³-hybridized carbons (Fsp3) is 0.176. The van der Waals surface area contributed by atoms with E-state index in [1.54, 1.807) is 0 Å². The summed E-state index contributed by atoms with van der Waals surface area (Å²) in [5.41, 5.74) is 1.56. The highest BCUT2D eigenvalue weighted by Gasteiger charge is 2.40. The maximum atomic E-state index is 12.4. The van der Waals surface area contributed by atoms with Crippen molar-refractivity contribution in [3.63, 3.8) is 0 Å². The van der Waals surface area contributed by atoms with Gasteiger partial charge in [0, 0.05) is 5.69 Å². The Labute approximate surface area is 122 Å². The molecule has 1 heterocycles. The molecule has 1 saturated heterocycles. The summed E-state index contributed by atoms with van der Waals surface area (Å²) < 4.78 is 5.32. The number of benzene rings is 2. The Morgan fingerprint density at radius 3 is 2.29 bits per heavy atom. The second kappa shape index (κ2) is 5.79. The largest absolute Gasteiger partial charge is 0.457 e. The molecular formula is C17H15NO3. The summed E-state index contributed by atoms with van der Waals surface area (Å²) in [5.74, 6) is -1.03. The maximum Gasteiger partial charge on any atom is 0.307 e. The SMILES string of the molecule is O=C1C[C@H](C(=O)Nc2ccccc2)[C@H](c2ccccc2)O1. The van der Waals surface area contributed by atoms with Crippen LogP contribution in [-0.2, 0) is 14.3 Å². The number of para-hydroxylation sites is 1. The predicted octanol–water partition coefficient (Wildman–Crippen LogP) is 2.93. The lowest BCUT2D eigenvalue weighted by Crippen LogP contribution is -2.25. The van der Waals surface area contributed by atoms with Gasteiger partial charge < -0.3 is 10.1 Å². The van der Waals surface area contributed by atoms with Crippen LogP contribution in [-0.4, -0.2) is 11.9 Å². The van der Waals surface area contributed by atoms with Crippen molar-refractivity contribution in [3.8, 4) is 0 Å². The first-order valence-electron chi connectivity index (χ1n) is 6.84. The molecule has 2 aromatic carbocycles. The van der Waals surface area contributed by atoms with Gasteiger partial charge in [0.2, 0.25) is 5.91 Å². The molecule has 21 heavy (non-hydrogen) atoms. The zero-order chi connectivity index (χ0) is 14.7. The van der Waals surface area contributed by atoms with Gasteiger partial charge in [0.25, 0.3) is 0 Å². The average molecular weight is 281 g/mol. The molecule has 1 amide bonds. The number of amides is 1. The molecule has 0 spiro atoms. The van der Waals surface area contributed by atoms with Crippen LogP contribution in [0.1, 0.15) is 18.1 Å². The average Bonchev–Trinajstić information content (AvgIpc) is 2.91. The highest BCUT2D eigenvalue weighted by molar-refractivity contribution is 5.96. The molecule has 3 rings (SSSR count). The van der Waals surface area contributed by atoms with Crippen LogP contribution in [0.3, 0.4) is 0 Å². The van der Waals surface area contributed by atoms with Crippen LogP contribution in [0.5, 0.6) is 0 Å². The second-order valence-corrected chi connectivity index (χ2v) is 4.99. The number of nitrogens with one attached hydrogen (secondary N) is 1. The molecule has 0 aliphatic carbocycles. The van der Waals surface area contributed by atoms with Crippen LogP contribution >= 0.6 is 0 Å². The maximum absolute atomic E-state index is 12.4. The van der Waals surface area contributed by atoms with Crippen LogP contribution in [0.2, 0.25) is 0 Å². The van der Waals surface area contributed by atoms with Crippen LogP contribution in [0.15, 0.2) is 60.7 Å². The molecule has 1 aliphatic heterocycles. The molecular weight excluding hydrogens is 266 g/mol. The highest BCUT2D eigenvalue weighted by atomic mass is 16.6. The summed E-state index contributed by atoms with van der Waals surface area (Å²) in [6.45, 7) is 0. The molecule has 0 unspecified atom stereocenters. The molecule has 0 radical (unpaired) electrons. The van der Waals surface area contributed by atoms with Crippen LogP contribution in [0, 0.1) is 5.92 Å². The Balaban J connectivity index is 1.79. The molecule has 2 atom stereocenters. The first-order chi connectivity index (χ1) is 10.2. The third kappa shape index (κ3) is 2.94. The van der Waals surface area contributed by atoms with Crippen molar-refractivity contribution < 1.29 is 14.3 Å². The van der Waals surface area contributed by atoms with Crippen molar-refractivity contribution in [2.75, 3.05) is 5.32 Å². The smallest absolute Gasteiger partial charge is 0.307 e. The Hall–Kier alpha value is -2.62. The Bertz CT molecular complexity index is 640. The highest BCUT2D eigenvalue weighted by Crippen LogP contribution is 2.35. The summed E-state index contributed by atoms with van der Waals surface area (Å²) in [7, 11) is 0. The van der Waals surface area contributed by atoms with Crippen molar-refractivity contribution >= 4 is 17.6 Å². The third-order valence-electron chi connectivity index (χ3n) is 3.52. The fourth-order valence-electron chi connectivity index (χ4n) is 2.49. The lowest BCUT2D eigenvalue weighted by molar-refractivity contribution is -0.141. The van der Waals surface area contributed by atoms with Crippen molar-refractivity contribution in [3.05, 3.63) is 66.2 Å². The molecule has 1 aliphatic rings. The van der Waals surface area contributed by atoms with Gasteiger partial charge in [-0.15, -0.1) is 0 Å². The normalized spacial score (nSPS) is 20.9. The van der Waals surface area contributed by atoms with E-state index in [0.29, 0.717) is 5.69 Å². The van der Waals surface area contributed by atoms with Crippen molar-refractivity contribution in [2.24, 2.45) is 5.92 Å². The van der Waals surface area contributed by atoms with E-state index in [1.165, 1.54) is 0 Å². The lowest BCUT2D eigenvalue weighted by Gasteiger charge is -2.17. The topological polar surface area (TPSA) is 55.4 Å². The van der Waals surface area contributed by atoms with Gasteiger partial charge >= 0.3 is 5.97 Å². The molecule has 0 aromatic heterocycles. The summed E-state index contributed by atoms with van der Waals surface area (Å²) in [6, 6.07) is 18.6. The van der Waals surface area contributed by atoms with Crippen molar-refractivity contribution in [1.82, 2.24) is 0 Å². The summed E-state index contributed by atoms with van der Waals surface area (Å²) in [6.07, 6.45) is -0.402. The summed E-state index contributed by atoms with van der Waals surface area (Å²) in [4.78, 5) is 24.0. The van der Waals surface area contributed by atoms with Crippen LogP contribution < -0.4 is 5.32 Å². The van der Waals surface area contributed by atoms with E-state index >= 15 is 0 Å². The number of carbonyl (C=O) groups excluding carboxylic acids is 2. The van der Waals surface area contributed by atoms with E-state index in [-0.39, 0.29) is 18.3 Å². The second-order valence-electron chi connectivity index (χ2n) is 4.99. The monoisotopic (exact) mass is 281 g/mol. The number of carbonyl (C=O) groups is 2. The summed E-state index contributed by atoms with van der Waals surface area (Å²) in [5, 5.41) is 2.83.